The number of aryl methyl sites for hydroxylation is 1. The van der Waals surface area contributed by atoms with Crippen LogP contribution < -0.4 is 10.5 Å². The van der Waals surface area contributed by atoms with Gasteiger partial charge in [-0.1, -0.05) is 41.0 Å². The second-order valence-corrected chi connectivity index (χ2v) is 5.84. The van der Waals surface area contributed by atoms with E-state index in [0.29, 0.717) is 11.6 Å². The molecule has 1 unspecified atom stereocenters. The van der Waals surface area contributed by atoms with Crippen LogP contribution in [-0.2, 0) is 6.42 Å². The van der Waals surface area contributed by atoms with Crippen molar-refractivity contribution in [3.8, 4) is 5.75 Å². The Morgan fingerprint density at radius 3 is 2.78 bits per heavy atom. The van der Waals surface area contributed by atoms with E-state index in [-0.39, 0.29) is 6.04 Å². The van der Waals surface area contributed by atoms with E-state index in [4.69, 9.17) is 22.1 Å². The van der Waals surface area contributed by atoms with Gasteiger partial charge in [-0.25, -0.2) is 0 Å². The number of hydrogen-bond donors (Lipinski definition) is 1. The van der Waals surface area contributed by atoms with Crippen LogP contribution in [-0.4, -0.2) is 12.6 Å². The average Bonchev–Trinajstić information content (AvgIpc) is 2.27. The van der Waals surface area contributed by atoms with Crippen molar-refractivity contribution in [2.75, 3.05) is 6.61 Å². The zero-order valence-electron chi connectivity index (χ0n) is 10.8. The van der Waals surface area contributed by atoms with E-state index < -0.39 is 0 Å². The number of halogens is 2. The van der Waals surface area contributed by atoms with Gasteiger partial charge in [0, 0.05) is 15.5 Å². The first-order valence-corrected chi connectivity index (χ1v) is 7.11. The molecule has 0 aliphatic heterocycles. The van der Waals surface area contributed by atoms with Gasteiger partial charge in [0.1, 0.15) is 12.4 Å². The average molecular weight is 333 g/mol. The predicted octanol–water partition coefficient (Wildman–Crippen LogP) is 4.17. The van der Waals surface area contributed by atoms with Gasteiger partial charge in [0.05, 0.1) is 0 Å². The second-order valence-electron chi connectivity index (χ2n) is 4.39. The van der Waals surface area contributed by atoms with Gasteiger partial charge in [0.2, 0.25) is 0 Å². The van der Waals surface area contributed by atoms with Crippen LogP contribution >= 0.6 is 27.5 Å². The normalized spacial score (nSPS) is 12.3. The maximum absolute atomic E-state index is 6.02. The smallest absolute Gasteiger partial charge is 0.126 e. The first-order valence-electron chi connectivity index (χ1n) is 5.94. The third kappa shape index (κ3) is 4.63. The Morgan fingerprint density at radius 2 is 2.22 bits per heavy atom. The minimum atomic E-state index is 0.139. The van der Waals surface area contributed by atoms with Gasteiger partial charge in [-0.15, -0.1) is 0 Å². The molecule has 1 rings (SSSR count). The lowest BCUT2D eigenvalue weighted by Gasteiger charge is -2.17. The molecule has 0 amide bonds. The molecule has 0 heterocycles. The molecule has 1 aromatic rings. The maximum atomic E-state index is 6.02. The first kappa shape index (κ1) is 15.5. The molecule has 18 heavy (non-hydrogen) atoms. The number of rotatable bonds is 6. The summed E-state index contributed by atoms with van der Waals surface area (Å²) in [5.41, 5.74) is 8.19. The van der Waals surface area contributed by atoms with Crippen LogP contribution in [0.4, 0.5) is 0 Å². The van der Waals surface area contributed by atoms with Crippen molar-refractivity contribution in [1.82, 2.24) is 0 Å². The molecule has 1 atom stereocenters. The summed E-state index contributed by atoms with van der Waals surface area (Å²) in [6.07, 6.45) is 1.73. The Labute approximate surface area is 122 Å². The number of hydrogen-bond acceptors (Lipinski definition) is 2. The predicted molar refractivity (Wildman–Crippen MR) is 81.3 cm³/mol. The highest BCUT2D eigenvalue weighted by molar-refractivity contribution is 9.10. The van der Waals surface area contributed by atoms with Crippen LogP contribution in [0.25, 0.3) is 0 Å². The van der Waals surface area contributed by atoms with Gasteiger partial charge in [0.15, 0.2) is 0 Å². The Bertz CT molecular complexity index is 434. The standard InChI is InChI=1S/C14H19BrClNO/c1-4-13(17)7-11-6-12(15)5-9(2)14(11)18-8-10(3)16/h5-6,13H,3-4,7-8,17H2,1-2H3. The first-order chi connectivity index (χ1) is 8.43. The van der Waals surface area contributed by atoms with Crippen molar-refractivity contribution >= 4 is 27.5 Å². The maximum Gasteiger partial charge on any atom is 0.126 e. The quantitative estimate of drug-likeness (QED) is 0.848. The zero-order chi connectivity index (χ0) is 13.7. The highest BCUT2D eigenvalue weighted by Gasteiger charge is 2.12. The third-order valence-electron chi connectivity index (χ3n) is 2.70. The lowest BCUT2D eigenvalue weighted by molar-refractivity contribution is 0.351. The summed E-state index contributed by atoms with van der Waals surface area (Å²) in [5, 5.41) is 0.489. The fraction of sp³-hybridized carbons (Fsp3) is 0.429. The summed E-state index contributed by atoms with van der Waals surface area (Å²) in [5.74, 6) is 0.865. The second kappa shape index (κ2) is 7.17. The summed E-state index contributed by atoms with van der Waals surface area (Å²) in [7, 11) is 0. The fourth-order valence-corrected chi connectivity index (χ4v) is 2.41. The summed E-state index contributed by atoms with van der Waals surface area (Å²) < 4.78 is 6.76. The molecule has 2 N–H and O–H groups in total. The fourth-order valence-electron chi connectivity index (χ4n) is 1.73. The largest absolute Gasteiger partial charge is 0.487 e. The molecule has 0 saturated heterocycles. The van der Waals surface area contributed by atoms with Crippen LogP contribution in [0, 0.1) is 6.92 Å². The van der Waals surface area contributed by atoms with Gasteiger partial charge in [-0.3, -0.25) is 0 Å². The minimum absolute atomic E-state index is 0.139. The Morgan fingerprint density at radius 1 is 1.56 bits per heavy atom. The van der Waals surface area contributed by atoms with Crippen LogP contribution in [0.1, 0.15) is 24.5 Å². The summed E-state index contributed by atoms with van der Waals surface area (Å²) in [6, 6.07) is 4.21. The zero-order valence-corrected chi connectivity index (χ0v) is 13.1. The summed E-state index contributed by atoms with van der Waals surface area (Å²) in [6.45, 7) is 8.04. The Balaban J connectivity index is 3.00. The lowest BCUT2D eigenvalue weighted by Crippen LogP contribution is -2.22. The molecule has 4 heteroatoms. The SMILES string of the molecule is C=C(Cl)COc1c(C)cc(Br)cc1CC(N)CC. The van der Waals surface area contributed by atoms with E-state index in [1.807, 2.05) is 13.0 Å². The molecule has 0 spiro atoms. The Kier molecular flexibility index (Phi) is 6.19. The van der Waals surface area contributed by atoms with E-state index in [1.54, 1.807) is 0 Å². The van der Waals surface area contributed by atoms with Crippen molar-refractivity contribution in [2.24, 2.45) is 5.73 Å². The summed E-state index contributed by atoms with van der Waals surface area (Å²) in [4.78, 5) is 0. The van der Waals surface area contributed by atoms with E-state index >= 15 is 0 Å². The van der Waals surface area contributed by atoms with Crippen LogP contribution in [0.5, 0.6) is 5.75 Å². The third-order valence-corrected chi connectivity index (χ3v) is 3.26. The van der Waals surface area contributed by atoms with Crippen LogP contribution in [0.3, 0.4) is 0 Å². The van der Waals surface area contributed by atoms with Crippen LogP contribution in [0.15, 0.2) is 28.2 Å². The lowest BCUT2D eigenvalue weighted by atomic mass is 10.0. The molecule has 2 nitrogen and oxygen atoms in total. The number of nitrogens with two attached hydrogens (primary N) is 1. The van der Waals surface area contributed by atoms with Gasteiger partial charge in [-0.2, -0.15) is 0 Å². The molecular weight excluding hydrogens is 314 g/mol. The molecule has 1 aromatic carbocycles. The molecule has 0 aliphatic rings. The van der Waals surface area contributed by atoms with Gasteiger partial charge >= 0.3 is 0 Å². The van der Waals surface area contributed by atoms with E-state index in [9.17, 15) is 0 Å². The molecule has 0 fully saturated rings. The molecule has 0 radical (unpaired) electrons. The molecule has 0 bridgehead atoms. The highest BCUT2D eigenvalue weighted by Crippen LogP contribution is 2.29. The number of ether oxygens (including phenoxy) is 1. The monoisotopic (exact) mass is 331 g/mol. The van der Waals surface area contributed by atoms with Gasteiger partial charge in [0.25, 0.3) is 0 Å². The van der Waals surface area contributed by atoms with Gasteiger partial charge in [-0.05, 0) is 43.0 Å². The highest BCUT2D eigenvalue weighted by atomic mass is 79.9. The summed E-state index contributed by atoms with van der Waals surface area (Å²) >= 11 is 9.24. The van der Waals surface area contributed by atoms with Crippen molar-refractivity contribution < 1.29 is 4.74 Å². The minimum Gasteiger partial charge on any atom is -0.487 e. The van der Waals surface area contributed by atoms with Crippen molar-refractivity contribution in [3.05, 3.63) is 39.3 Å². The number of benzene rings is 1. The van der Waals surface area contributed by atoms with E-state index in [1.165, 1.54) is 0 Å². The molecule has 0 saturated carbocycles. The van der Waals surface area contributed by atoms with E-state index in [2.05, 4.69) is 35.5 Å². The van der Waals surface area contributed by atoms with E-state index in [0.717, 1.165) is 34.2 Å². The Hall–Kier alpha value is -0.510. The van der Waals surface area contributed by atoms with Gasteiger partial charge < -0.3 is 10.5 Å². The molecule has 0 aromatic heterocycles. The topological polar surface area (TPSA) is 35.2 Å². The van der Waals surface area contributed by atoms with Crippen LogP contribution in [0.2, 0.25) is 0 Å². The van der Waals surface area contributed by atoms with Crippen molar-refractivity contribution in [1.29, 1.82) is 0 Å². The van der Waals surface area contributed by atoms with Crippen molar-refractivity contribution in [3.63, 3.8) is 0 Å². The molecule has 0 aliphatic carbocycles. The molecular formula is C14H19BrClNO. The van der Waals surface area contributed by atoms with Crippen molar-refractivity contribution in [2.45, 2.75) is 32.7 Å². The molecule has 100 valence electrons.